The summed E-state index contributed by atoms with van der Waals surface area (Å²) in [5.41, 5.74) is 2.32. The fourth-order valence-electron chi connectivity index (χ4n) is 3.47. The van der Waals surface area contributed by atoms with Gasteiger partial charge in [0.2, 0.25) is 0 Å². The summed E-state index contributed by atoms with van der Waals surface area (Å²) in [6.45, 7) is 0.535. The number of amides is 1. The van der Waals surface area contributed by atoms with Crippen LogP contribution < -0.4 is 10.1 Å². The van der Waals surface area contributed by atoms with Gasteiger partial charge in [-0.3, -0.25) is 4.79 Å². The molecule has 10 heteroatoms. The number of amidine groups is 1. The molecule has 0 spiro atoms. The van der Waals surface area contributed by atoms with E-state index in [1.165, 1.54) is 0 Å². The standard InChI is InChI=1S/C22H19N5O4S/c28-22(19-7-4-10-26-11-12-32(29,30)25-21(19)26)24-16-5-3-6-18(13-16)31-15-17-14-27-9-2-1-8-20(27)23-17/h1-10,13-14H,11-12,15H2,(H,24,28). The molecule has 0 saturated heterocycles. The molecule has 162 valence electrons. The van der Waals surface area contributed by atoms with Gasteiger partial charge in [-0.1, -0.05) is 12.1 Å². The van der Waals surface area contributed by atoms with Crippen molar-refractivity contribution < 1.29 is 17.9 Å². The van der Waals surface area contributed by atoms with Gasteiger partial charge in [-0.2, -0.15) is 0 Å². The van der Waals surface area contributed by atoms with Crippen LogP contribution in [0.2, 0.25) is 0 Å². The van der Waals surface area contributed by atoms with Crippen molar-refractivity contribution in [1.29, 1.82) is 0 Å². The lowest BCUT2D eigenvalue weighted by Gasteiger charge is -2.28. The van der Waals surface area contributed by atoms with Crippen molar-refractivity contribution in [3.63, 3.8) is 0 Å². The van der Waals surface area contributed by atoms with Crippen molar-refractivity contribution in [3.05, 3.63) is 84.5 Å². The summed E-state index contributed by atoms with van der Waals surface area (Å²) in [4.78, 5) is 19.0. The van der Waals surface area contributed by atoms with Crippen LogP contribution in [0.4, 0.5) is 5.69 Å². The van der Waals surface area contributed by atoms with Gasteiger partial charge in [-0.25, -0.2) is 13.4 Å². The molecule has 32 heavy (non-hydrogen) atoms. The zero-order valence-electron chi connectivity index (χ0n) is 16.9. The Bertz CT molecular complexity index is 1370. The number of carbonyl (C=O) groups excluding carboxylic acids is 1. The molecule has 0 fully saturated rings. The van der Waals surface area contributed by atoms with Crippen LogP contribution in [0.15, 0.2) is 83.2 Å². The molecule has 0 bridgehead atoms. The Labute approximate surface area is 184 Å². The minimum Gasteiger partial charge on any atom is -0.487 e. The third-order valence-electron chi connectivity index (χ3n) is 4.99. The lowest BCUT2D eigenvalue weighted by molar-refractivity contribution is -0.112. The van der Waals surface area contributed by atoms with Crippen molar-refractivity contribution >= 4 is 33.1 Å². The van der Waals surface area contributed by atoms with E-state index in [2.05, 4.69) is 14.7 Å². The SMILES string of the molecule is O=C(Nc1cccc(OCc2cn3ccccc3n2)c1)C1=CC=CN2CCS(=O)(=O)N=C12. The summed E-state index contributed by atoms with van der Waals surface area (Å²) < 4.78 is 35.3. The first-order chi connectivity index (χ1) is 15.5. The predicted octanol–water partition coefficient (Wildman–Crippen LogP) is 2.35. The third-order valence-corrected chi connectivity index (χ3v) is 6.14. The number of nitrogens with zero attached hydrogens (tertiary/aromatic N) is 4. The minimum absolute atomic E-state index is 0.0819. The van der Waals surface area contributed by atoms with E-state index in [9.17, 15) is 13.2 Å². The lowest BCUT2D eigenvalue weighted by atomic mass is 10.1. The van der Waals surface area contributed by atoms with Gasteiger partial charge in [0.05, 0.1) is 17.0 Å². The molecule has 1 aromatic carbocycles. The number of rotatable bonds is 5. The largest absolute Gasteiger partial charge is 0.487 e. The number of pyridine rings is 1. The van der Waals surface area contributed by atoms with Crippen LogP contribution in [0, 0.1) is 0 Å². The van der Waals surface area contributed by atoms with E-state index in [-0.39, 0.29) is 30.3 Å². The quantitative estimate of drug-likeness (QED) is 0.641. The van der Waals surface area contributed by atoms with Crippen LogP contribution in [0.3, 0.4) is 0 Å². The maximum absolute atomic E-state index is 12.9. The fourth-order valence-corrected chi connectivity index (χ4v) is 4.45. The van der Waals surface area contributed by atoms with Crippen LogP contribution in [0.1, 0.15) is 5.69 Å². The molecule has 2 aliphatic rings. The van der Waals surface area contributed by atoms with Crippen molar-refractivity contribution in [1.82, 2.24) is 14.3 Å². The number of hydrogen-bond acceptors (Lipinski definition) is 6. The predicted molar refractivity (Wildman–Crippen MR) is 120 cm³/mol. The molecular weight excluding hydrogens is 430 g/mol. The number of hydrogen-bond donors (Lipinski definition) is 1. The van der Waals surface area contributed by atoms with Crippen LogP contribution in [-0.4, -0.2) is 46.7 Å². The first-order valence-electron chi connectivity index (χ1n) is 9.92. The number of imidazole rings is 1. The topological polar surface area (TPSA) is 105 Å². The Morgan fingerprint density at radius 3 is 2.97 bits per heavy atom. The maximum Gasteiger partial charge on any atom is 0.259 e. The monoisotopic (exact) mass is 449 g/mol. The average molecular weight is 449 g/mol. The Morgan fingerprint density at radius 2 is 2.09 bits per heavy atom. The van der Waals surface area contributed by atoms with Gasteiger partial charge in [0, 0.05) is 36.9 Å². The van der Waals surface area contributed by atoms with E-state index in [0.717, 1.165) is 11.3 Å². The van der Waals surface area contributed by atoms with Gasteiger partial charge >= 0.3 is 0 Å². The van der Waals surface area contributed by atoms with Crippen molar-refractivity contribution in [2.75, 3.05) is 17.6 Å². The van der Waals surface area contributed by atoms with Crippen molar-refractivity contribution in [2.24, 2.45) is 4.40 Å². The summed E-state index contributed by atoms with van der Waals surface area (Å²) >= 11 is 0. The number of aromatic nitrogens is 2. The molecule has 1 N–H and O–H groups in total. The van der Waals surface area contributed by atoms with E-state index < -0.39 is 15.9 Å². The summed E-state index contributed by atoms with van der Waals surface area (Å²) in [5, 5.41) is 2.79. The molecule has 9 nitrogen and oxygen atoms in total. The normalized spacial score (nSPS) is 16.8. The highest BCUT2D eigenvalue weighted by atomic mass is 32.2. The molecule has 2 aromatic heterocycles. The lowest BCUT2D eigenvalue weighted by Crippen LogP contribution is -2.40. The molecule has 0 atom stereocenters. The molecule has 0 saturated carbocycles. The van der Waals surface area contributed by atoms with Crippen molar-refractivity contribution in [2.45, 2.75) is 6.61 Å². The van der Waals surface area contributed by atoms with E-state index in [1.807, 2.05) is 35.0 Å². The average Bonchev–Trinajstić information content (AvgIpc) is 3.20. The smallest absolute Gasteiger partial charge is 0.259 e. The second-order valence-corrected chi connectivity index (χ2v) is 9.04. The third kappa shape index (κ3) is 4.12. The molecule has 0 radical (unpaired) electrons. The highest BCUT2D eigenvalue weighted by Crippen LogP contribution is 2.22. The zero-order valence-corrected chi connectivity index (χ0v) is 17.7. The Balaban J connectivity index is 1.29. The second kappa shape index (κ2) is 7.97. The molecule has 3 aromatic rings. The molecule has 4 heterocycles. The minimum atomic E-state index is -3.58. The Kier molecular flexibility index (Phi) is 4.98. The summed E-state index contributed by atoms with van der Waals surface area (Å²) in [6, 6.07) is 12.7. The number of nitrogens with one attached hydrogen (secondary N) is 1. The number of fused-ring (bicyclic) bond motifs is 2. The second-order valence-electron chi connectivity index (χ2n) is 7.29. The van der Waals surface area contributed by atoms with Crippen LogP contribution in [0.5, 0.6) is 5.75 Å². The zero-order chi connectivity index (χ0) is 22.1. The first-order valence-corrected chi connectivity index (χ1v) is 11.5. The van der Waals surface area contributed by atoms with Crippen LogP contribution >= 0.6 is 0 Å². The van der Waals surface area contributed by atoms with E-state index in [4.69, 9.17) is 4.74 Å². The molecule has 5 rings (SSSR count). The van der Waals surface area contributed by atoms with Crippen LogP contribution in [-0.2, 0) is 21.4 Å². The molecule has 0 aliphatic carbocycles. The van der Waals surface area contributed by atoms with Gasteiger partial charge in [0.1, 0.15) is 18.0 Å². The van der Waals surface area contributed by atoms with E-state index in [0.29, 0.717) is 11.4 Å². The van der Waals surface area contributed by atoms with Crippen molar-refractivity contribution in [3.8, 4) is 5.75 Å². The molecule has 0 unspecified atom stereocenters. The highest BCUT2D eigenvalue weighted by molar-refractivity contribution is 7.90. The van der Waals surface area contributed by atoms with E-state index in [1.54, 1.807) is 47.5 Å². The van der Waals surface area contributed by atoms with Gasteiger partial charge < -0.3 is 19.4 Å². The number of carbonyl (C=O) groups is 1. The number of allylic oxidation sites excluding steroid dienone is 2. The highest BCUT2D eigenvalue weighted by Gasteiger charge is 2.30. The van der Waals surface area contributed by atoms with Gasteiger partial charge in [-0.15, -0.1) is 4.40 Å². The number of sulfonamides is 1. The number of benzene rings is 1. The van der Waals surface area contributed by atoms with Gasteiger partial charge in [0.15, 0.2) is 5.84 Å². The number of anilines is 1. The first kappa shape index (κ1) is 20.0. The van der Waals surface area contributed by atoms with E-state index >= 15 is 0 Å². The molecule has 1 amide bonds. The van der Waals surface area contributed by atoms with Crippen LogP contribution in [0.25, 0.3) is 5.65 Å². The number of ether oxygens (including phenoxy) is 1. The molecular formula is C22H19N5O4S. The maximum atomic E-state index is 12.9. The molecule has 2 aliphatic heterocycles. The summed E-state index contributed by atoms with van der Waals surface area (Å²) in [7, 11) is -3.58. The summed E-state index contributed by atoms with van der Waals surface area (Å²) in [5.74, 6) is 0.168. The fraction of sp³-hybridized carbons (Fsp3) is 0.136. The van der Waals surface area contributed by atoms with Gasteiger partial charge in [-0.05, 0) is 36.4 Å². The van der Waals surface area contributed by atoms with Gasteiger partial charge in [0.25, 0.3) is 15.9 Å². The summed E-state index contributed by atoms with van der Waals surface area (Å²) in [6.07, 6.45) is 8.77. The Hall–Kier alpha value is -3.92. The Morgan fingerprint density at radius 1 is 1.19 bits per heavy atom.